The van der Waals surface area contributed by atoms with Crippen molar-refractivity contribution in [3.63, 3.8) is 0 Å². The molecule has 0 fully saturated rings. The van der Waals surface area contributed by atoms with Gasteiger partial charge in [-0.1, -0.05) is 141 Å². The Morgan fingerprint density at radius 3 is 1.96 bits per heavy atom. The Hall–Kier alpha value is -5.70. The lowest BCUT2D eigenvalue weighted by Gasteiger charge is -2.27. The van der Waals surface area contributed by atoms with Crippen LogP contribution in [0.4, 0.5) is 17.1 Å². The minimum absolute atomic E-state index is 0.0394. The number of hydrogen-bond acceptors (Lipinski definition) is 2. The van der Waals surface area contributed by atoms with Crippen LogP contribution in [0, 0.1) is 0 Å². The van der Waals surface area contributed by atoms with Crippen molar-refractivity contribution in [1.82, 2.24) is 0 Å². The topological polar surface area (TPSA) is 3.24 Å². The molecule has 10 rings (SSSR count). The third kappa shape index (κ3) is 4.31. The Morgan fingerprint density at radius 1 is 0.429 bits per heavy atom. The number of rotatable bonds is 4. The first-order chi connectivity index (χ1) is 24.0. The van der Waals surface area contributed by atoms with E-state index in [0.29, 0.717) is 0 Å². The van der Waals surface area contributed by atoms with Gasteiger partial charge in [-0.25, -0.2) is 0 Å². The standard InChI is InChI=1S/C47H33NS/c1-47(2)43-20-8-7-18-39(43)42-28-34(23-26-44(42)47)48(33-15-9-14-32(27-33)37-19-10-13-30-11-3-5-16-36(30)37)35-22-25-40-41-24-21-31-12-4-6-17-38(31)46(41)49-45(40)29-35/h3-29H,1-2H3. The van der Waals surface area contributed by atoms with Crippen molar-refractivity contribution in [3.8, 4) is 22.3 Å². The SMILES string of the molecule is CC1(C)c2ccccc2-c2cc(N(c3cccc(-c4cccc5ccccc45)c3)c3ccc4c(c3)sc3c5ccccc5ccc43)ccc21. The van der Waals surface area contributed by atoms with Crippen LogP contribution in [0.2, 0.25) is 0 Å². The van der Waals surface area contributed by atoms with E-state index in [1.54, 1.807) is 0 Å². The second-order valence-corrected chi connectivity index (χ2v) is 14.8. The van der Waals surface area contributed by atoms with Crippen molar-refractivity contribution in [1.29, 1.82) is 0 Å². The number of fused-ring (bicyclic) bond motifs is 9. The summed E-state index contributed by atoms with van der Waals surface area (Å²) in [7, 11) is 0. The molecule has 0 aliphatic heterocycles. The Morgan fingerprint density at radius 2 is 1.06 bits per heavy atom. The van der Waals surface area contributed by atoms with Gasteiger partial charge in [0.25, 0.3) is 0 Å². The molecule has 1 nitrogen and oxygen atoms in total. The number of anilines is 3. The van der Waals surface area contributed by atoms with Crippen LogP contribution in [0.15, 0.2) is 164 Å². The van der Waals surface area contributed by atoms with Crippen LogP contribution in [-0.2, 0) is 5.41 Å². The normalized spacial score (nSPS) is 13.3. The van der Waals surface area contributed by atoms with Crippen molar-refractivity contribution in [2.24, 2.45) is 0 Å². The van der Waals surface area contributed by atoms with Gasteiger partial charge in [0.2, 0.25) is 0 Å². The van der Waals surface area contributed by atoms with Gasteiger partial charge in [-0.2, -0.15) is 0 Å². The van der Waals surface area contributed by atoms with Crippen molar-refractivity contribution < 1.29 is 0 Å². The van der Waals surface area contributed by atoms with Crippen LogP contribution >= 0.6 is 11.3 Å². The molecule has 0 saturated heterocycles. The maximum Gasteiger partial charge on any atom is 0.0476 e. The zero-order valence-corrected chi connectivity index (χ0v) is 28.3. The molecule has 1 aliphatic carbocycles. The third-order valence-electron chi connectivity index (χ3n) is 10.6. The summed E-state index contributed by atoms with van der Waals surface area (Å²) >= 11 is 1.90. The third-order valence-corrected chi connectivity index (χ3v) is 11.8. The summed E-state index contributed by atoms with van der Waals surface area (Å²) < 4.78 is 2.65. The molecule has 0 atom stereocenters. The molecule has 0 amide bonds. The predicted octanol–water partition coefficient (Wildman–Crippen LogP) is 13.8. The van der Waals surface area contributed by atoms with Crippen LogP contribution < -0.4 is 4.90 Å². The van der Waals surface area contributed by atoms with Gasteiger partial charge in [0.15, 0.2) is 0 Å². The summed E-state index contributed by atoms with van der Waals surface area (Å²) in [5.41, 5.74) is 11.3. The maximum absolute atomic E-state index is 2.45. The van der Waals surface area contributed by atoms with E-state index in [1.807, 2.05) is 11.3 Å². The van der Waals surface area contributed by atoms with Gasteiger partial charge < -0.3 is 4.90 Å². The molecule has 1 aromatic heterocycles. The Labute approximate surface area is 290 Å². The zero-order chi connectivity index (χ0) is 32.7. The molecule has 8 aromatic carbocycles. The Bertz CT molecular complexity index is 2760. The van der Waals surface area contributed by atoms with Gasteiger partial charge in [0, 0.05) is 42.6 Å². The van der Waals surface area contributed by atoms with Crippen molar-refractivity contribution >= 4 is 70.1 Å². The van der Waals surface area contributed by atoms with Gasteiger partial charge in [0.1, 0.15) is 0 Å². The summed E-state index contributed by atoms with van der Waals surface area (Å²) in [5.74, 6) is 0. The molecule has 2 heteroatoms. The molecule has 0 radical (unpaired) electrons. The van der Waals surface area contributed by atoms with Crippen molar-refractivity contribution in [3.05, 3.63) is 175 Å². The van der Waals surface area contributed by atoms with E-state index >= 15 is 0 Å². The fraction of sp³-hybridized carbons (Fsp3) is 0.0638. The average Bonchev–Trinajstić information content (AvgIpc) is 3.63. The highest BCUT2D eigenvalue weighted by Crippen LogP contribution is 2.51. The lowest BCUT2D eigenvalue weighted by atomic mass is 9.82. The van der Waals surface area contributed by atoms with Gasteiger partial charge in [-0.05, 0) is 91.3 Å². The first-order valence-electron chi connectivity index (χ1n) is 17.0. The molecule has 232 valence electrons. The summed E-state index contributed by atoms with van der Waals surface area (Å²) in [5, 5.41) is 7.76. The first kappa shape index (κ1) is 28.3. The van der Waals surface area contributed by atoms with Crippen LogP contribution in [0.3, 0.4) is 0 Å². The van der Waals surface area contributed by atoms with Crippen LogP contribution in [0.5, 0.6) is 0 Å². The molecule has 1 aliphatic rings. The fourth-order valence-electron chi connectivity index (χ4n) is 8.22. The van der Waals surface area contributed by atoms with Gasteiger partial charge in [0.05, 0.1) is 0 Å². The second kappa shape index (κ2) is 10.7. The minimum atomic E-state index is -0.0394. The quantitative estimate of drug-likeness (QED) is 0.184. The summed E-state index contributed by atoms with van der Waals surface area (Å²) in [6.45, 7) is 4.70. The molecule has 9 aromatic rings. The van der Waals surface area contributed by atoms with E-state index in [0.717, 1.165) is 17.1 Å². The molecular weight excluding hydrogens is 611 g/mol. The van der Waals surface area contributed by atoms with Gasteiger partial charge >= 0.3 is 0 Å². The summed E-state index contributed by atoms with van der Waals surface area (Å²) in [6.07, 6.45) is 0. The molecule has 0 saturated carbocycles. The molecule has 1 heterocycles. The van der Waals surface area contributed by atoms with Crippen molar-refractivity contribution in [2.75, 3.05) is 4.90 Å². The molecule has 0 spiro atoms. The highest BCUT2D eigenvalue weighted by molar-refractivity contribution is 7.26. The van der Waals surface area contributed by atoms with Crippen molar-refractivity contribution in [2.45, 2.75) is 19.3 Å². The fourth-order valence-corrected chi connectivity index (χ4v) is 9.49. The summed E-state index contributed by atoms with van der Waals surface area (Å²) in [6, 6.07) is 60.6. The predicted molar refractivity (Wildman–Crippen MR) is 212 cm³/mol. The lowest BCUT2D eigenvalue weighted by molar-refractivity contribution is 0.660. The van der Waals surface area contributed by atoms with E-state index in [1.165, 1.54) is 75.1 Å². The number of hydrogen-bond donors (Lipinski definition) is 0. The molecule has 0 unspecified atom stereocenters. The Balaban J connectivity index is 1.20. The van der Waals surface area contributed by atoms with E-state index in [4.69, 9.17) is 0 Å². The number of nitrogens with zero attached hydrogens (tertiary/aromatic N) is 1. The van der Waals surface area contributed by atoms with Gasteiger partial charge in [-0.3, -0.25) is 0 Å². The second-order valence-electron chi connectivity index (χ2n) is 13.8. The van der Waals surface area contributed by atoms with E-state index in [-0.39, 0.29) is 5.41 Å². The average molecular weight is 644 g/mol. The van der Waals surface area contributed by atoms with Crippen LogP contribution in [0.25, 0.3) is 64.0 Å². The van der Waals surface area contributed by atoms with Crippen LogP contribution in [0.1, 0.15) is 25.0 Å². The lowest BCUT2D eigenvalue weighted by Crippen LogP contribution is -2.15. The smallest absolute Gasteiger partial charge is 0.0476 e. The molecule has 0 bridgehead atoms. The first-order valence-corrected chi connectivity index (χ1v) is 17.8. The number of thiophene rings is 1. The van der Waals surface area contributed by atoms with Crippen LogP contribution in [-0.4, -0.2) is 0 Å². The zero-order valence-electron chi connectivity index (χ0n) is 27.4. The molecular formula is C47H33NS. The molecule has 49 heavy (non-hydrogen) atoms. The number of benzene rings is 8. The molecule has 0 N–H and O–H groups in total. The summed E-state index contributed by atoms with van der Waals surface area (Å²) in [4.78, 5) is 2.45. The maximum atomic E-state index is 2.45. The van der Waals surface area contributed by atoms with E-state index < -0.39 is 0 Å². The Kier molecular flexibility index (Phi) is 6.16. The highest BCUT2D eigenvalue weighted by Gasteiger charge is 2.35. The largest absolute Gasteiger partial charge is 0.310 e. The van der Waals surface area contributed by atoms with E-state index in [9.17, 15) is 0 Å². The van der Waals surface area contributed by atoms with E-state index in [2.05, 4.69) is 183 Å². The van der Waals surface area contributed by atoms with Gasteiger partial charge in [-0.15, -0.1) is 11.3 Å². The highest BCUT2D eigenvalue weighted by atomic mass is 32.1. The monoisotopic (exact) mass is 643 g/mol. The minimum Gasteiger partial charge on any atom is -0.310 e.